The first kappa shape index (κ1) is 24.0. The van der Waals surface area contributed by atoms with Crippen LogP contribution in [-0.2, 0) is 20.9 Å². The van der Waals surface area contributed by atoms with Gasteiger partial charge in [0.25, 0.3) is 15.9 Å². The van der Waals surface area contributed by atoms with Crippen LogP contribution in [0.4, 0.5) is 18.9 Å². The highest BCUT2D eigenvalue weighted by atomic mass is 32.2. The van der Waals surface area contributed by atoms with Gasteiger partial charge < -0.3 is 15.4 Å². The van der Waals surface area contributed by atoms with Crippen molar-refractivity contribution >= 4 is 21.6 Å². The van der Waals surface area contributed by atoms with Crippen molar-refractivity contribution in [3.63, 3.8) is 0 Å². The maximum atomic E-state index is 13.3. The van der Waals surface area contributed by atoms with Crippen molar-refractivity contribution in [2.45, 2.75) is 23.9 Å². The molecule has 3 N–H and O–H groups in total. The van der Waals surface area contributed by atoms with Crippen molar-refractivity contribution in [3.8, 4) is 0 Å². The maximum absolute atomic E-state index is 13.3. The minimum atomic E-state index is -4.85. The van der Waals surface area contributed by atoms with Crippen molar-refractivity contribution < 1.29 is 31.1 Å². The number of ether oxygens (including phenoxy) is 1. The molecule has 0 bridgehead atoms. The van der Waals surface area contributed by atoms with Crippen LogP contribution in [0.1, 0.15) is 28.8 Å². The molecule has 1 amide bonds. The highest BCUT2D eigenvalue weighted by Gasteiger charge is 2.37. The zero-order valence-electron chi connectivity index (χ0n) is 17.1. The van der Waals surface area contributed by atoms with Crippen LogP contribution in [0.3, 0.4) is 0 Å². The van der Waals surface area contributed by atoms with E-state index in [1.54, 1.807) is 11.0 Å². The molecule has 1 aliphatic rings. The van der Waals surface area contributed by atoms with Crippen molar-refractivity contribution in [2.75, 3.05) is 31.1 Å². The van der Waals surface area contributed by atoms with E-state index in [1.165, 1.54) is 24.3 Å². The lowest BCUT2D eigenvalue weighted by Gasteiger charge is -2.32. The molecule has 0 saturated carbocycles. The Morgan fingerprint density at radius 1 is 1.09 bits per heavy atom. The van der Waals surface area contributed by atoms with Gasteiger partial charge >= 0.3 is 6.18 Å². The van der Waals surface area contributed by atoms with Gasteiger partial charge in [-0.2, -0.15) is 13.2 Å². The van der Waals surface area contributed by atoms with Gasteiger partial charge in [0, 0.05) is 13.1 Å². The number of nitrogens with one attached hydrogen (secondary N) is 1. The Morgan fingerprint density at radius 3 is 2.38 bits per heavy atom. The summed E-state index contributed by atoms with van der Waals surface area (Å²) >= 11 is 0. The summed E-state index contributed by atoms with van der Waals surface area (Å²) in [6.45, 7) is 1.54. The molecule has 1 aliphatic heterocycles. The van der Waals surface area contributed by atoms with E-state index in [0.717, 1.165) is 12.1 Å². The van der Waals surface area contributed by atoms with Crippen molar-refractivity contribution in [3.05, 3.63) is 59.7 Å². The molecule has 2 aromatic carbocycles. The highest BCUT2D eigenvalue weighted by molar-refractivity contribution is 7.92. The average molecular weight is 472 g/mol. The first-order chi connectivity index (χ1) is 15.1. The number of halogens is 3. The van der Waals surface area contributed by atoms with E-state index in [9.17, 15) is 26.4 Å². The predicted octanol–water partition coefficient (Wildman–Crippen LogP) is 3.29. The Kier molecular flexibility index (Phi) is 7.42. The Balaban J connectivity index is 1.82. The van der Waals surface area contributed by atoms with Gasteiger partial charge in [0.1, 0.15) is 0 Å². The summed E-state index contributed by atoms with van der Waals surface area (Å²) in [5.74, 6) is -0.124. The standard InChI is InChI=1S/C21H24F3N3O4S/c22-21(23,24)17-6-2-4-8-19(17)32(29,30)26-18-7-3-1-5-16(18)20(28)27-11-9-15(10-12-27)13-31-14-25/h1-8,15,26H,9-14,25H2. The molecule has 3 rings (SSSR count). The van der Waals surface area contributed by atoms with Gasteiger partial charge in [0.15, 0.2) is 0 Å². The number of sulfonamides is 1. The van der Waals surface area contributed by atoms with Crippen LogP contribution < -0.4 is 10.5 Å². The van der Waals surface area contributed by atoms with Crippen molar-refractivity contribution in [1.82, 2.24) is 4.90 Å². The summed E-state index contributed by atoms with van der Waals surface area (Å²) < 4.78 is 72.9. The Morgan fingerprint density at radius 2 is 1.72 bits per heavy atom. The highest BCUT2D eigenvalue weighted by Crippen LogP contribution is 2.35. The molecular weight excluding hydrogens is 447 g/mol. The first-order valence-electron chi connectivity index (χ1n) is 9.98. The first-order valence-corrected chi connectivity index (χ1v) is 11.5. The summed E-state index contributed by atoms with van der Waals surface area (Å²) in [6.07, 6.45) is -3.43. The Bertz CT molecular complexity index is 1050. The molecule has 0 unspecified atom stereocenters. The number of piperidine rings is 1. The Labute approximate surface area is 184 Å². The molecule has 0 spiro atoms. The number of carbonyl (C=O) groups is 1. The van der Waals surface area contributed by atoms with Gasteiger partial charge in [-0.1, -0.05) is 24.3 Å². The van der Waals surface area contributed by atoms with Crippen LogP contribution in [0.5, 0.6) is 0 Å². The molecule has 7 nitrogen and oxygen atoms in total. The molecule has 1 fully saturated rings. The lowest BCUT2D eigenvalue weighted by Crippen LogP contribution is -2.40. The minimum absolute atomic E-state index is 0.0669. The number of anilines is 1. The number of nitrogens with zero attached hydrogens (tertiary/aromatic N) is 1. The summed E-state index contributed by atoms with van der Waals surface area (Å²) in [4.78, 5) is 13.7. The zero-order chi connectivity index (χ0) is 23.4. The minimum Gasteiger partial charge on any atom is -0.366 e. The SMILES string of the molecule is NCOCC1CCN(C(=O)c2ccccc2NS(=O)(=O)c2ccccc2C(F)(F)F)CC1. The van der Waals surface area contributed by atoms with Crippen LogP contribution in [0.25, 0.3) is 0 Å². The number of amides is 1. The fourth-order valence-electron chi connectivity index (χ4n) is 3.60. The van der Waals surface area contributed by atoms with Crippen LogP contribution in [0.15, 0.2) is 53.4 Å². The van der Waals surface area contributed by atoms with Crippen LogP contribution in [0.2, 0.25) is 0 Å². The molecule has 2 aromatic rings. The average Bonchev–Trinajstić information content (AvgIpc) is 2.77. The third-order valence-corrected chi connectivity index (χ3v) is 6.68. The normalized spacial score (nSPS) is 15.6. The number of rotatable bonds is 7. The van der Waals surface area contributed by atoms with Gasteiger partial charge in [-0.3, -0.25) is 9.52 Å². The molecule has 11 heteroatoms. The number of alkyl halides is 3. The Hall–Kier alpha value is -2.63. The van der Waals surface area contributed by atoms with Crippen LogP contribution >= 0.6 is 0 Å². The number of benzene rings is 2. The second-order valence-electron chi connectivity index (χ2n) is 7.42. The molecule has 0 atom stereocenters. The topological polar surface area (TPSA) is 102 Å². The number of carbonyl (C=O) groups excluding carboxylic acids is 1. The fraction of sp³-hybridized carbons (Fsp3) is 0.381. The van der Waals surface area contributed by atoms with E-state index in [0.29, 0.717) is 38.6 Å². The quantitative estimate of drug-likeness (QED) is 0.604. The van der Waals surface area contributed by atoms with Crippen LogP contribution in [0, 0.1) is 5.92 Å². The van der Waals surface area contributed by atoms with Gasteiger partial charge in [-0.25, -0.2) is 8.42 Å². The molecule has 1 heterocycles. The number of hydrogen-bond acceptors (Lipinski definition) is 5. The van der Waals surface area contributed by atoms with E-state index < -0.39 is 32.6 Å². The fourth-order valence-corrected chi connectivity index (χ4v) is 4.91. The number of para-hydroxylation sites is 1. The second kappa shape index (κ2) is 9.88. The van der Waals surface area contributed by atoms with E-state index >= 15 is 0 Å². The summed E-state index contributed by atoms with van der Waals surface area (Å²) in [5, 5.41) is 0. The third kappa shape index (κ3) is 5.59. The summed E-state index contributed by atoms with van der Waals surface area (Å²) in [7, 11) is -4.60. The van der Waals surface area contributed by atoms with E-state index in [-0.39, 0.29) is 23.9 Å². The maximum Gasteiger partial charge on any atom is 0.417 e. The van der Waals surface area contributed by atoms with Gasteiger partial charge in [0.05, 0.1) is 35.0 Å². The molecule has 0 aliphatic carbocycles. The molecular formula is C21H24F3N3O4S. The molecule has 32 heavy (non-hydrogen) atoms. The molecule has 1 saturated heterocycles. The third-order valence-electron chi connectivity index (χ3n) is 5.26. The van der Waals surface area contributed by atoms with Crippen molar-refractivity contribution in [2.24, 2.45) is 11.7 Å². The predicted molar refractivity (Wildman–Crippen MR) is 112 cm³/mol. The van der Waals surface area contributed by atoms with E-state index in [2.05, 4.69) is 4.72 Å². The molecule has 0 aromatic heterocycles. The lowest BCUT2D eigenvalue weighted by molar-refractivity contribution is -0.139. The van der Waals surface area contributed by atoms with Gasteiger partial charge in [-0.15, -0.1) is 0 Å². The van der Waals surface area contributed by atoms with Gasteiger partial charge in [-0.05, 0) is 43.0 Å². The lowest BCUT2D eigenvalue weighted by atomic mass is 9.97. The number of hydrogen-bond donors (Lipinski definition) is 2. The largest absolute Gasteiger partial charge is 0.417 e. The second-order valence-corrected chi connectivity index (χ2v) is 9.07. The van der Waals surface area contributed by atoms with Crippen LogP contribution in [-0.4, -0.2) is 45.7 Å². The number of nitrogens with two attached hydrogens (primary N) is 1. The van der Waals surface area contributed by atoms with Gasteiger partial charge in [0.2, 0.25) is 0 Å². The van der Waals surface area contributed by atoms with E-state index in [1.807, 2.05) is 0 Å². The molecule has 0 radical (unpaired) electrons. The zero-order valence-corrected chi connectivity index (χ0v) is 18.0. The monoisotopic (exact) mass is 471 g/mol. The van der Waals surface area contributed by atoms with Crippen molar-refractivity contribution in [1.29, 1.82) is 0 Å². The molecule has 174 valence electrons. The van der Waals surface area contributed by atoms with E-state index in [4.69, 9.17) is 10.5 Å². The summed E-state index contributed by atoms with van der Waals surface area (Å²) in [5.41, 5.74) is 4.04. The summed E-state index contributed by atoms with van der Waals surface area (Å²) in [6, 6.07) is 9.76. The smallest absolute Gasteiger partial charge is 0.366 e. The number of likely N-dealkylation sites (tertiary alicyclic amines) is 1.